The van der Waals surface area contributed by atoms with Crippen molar-refractivity contribution in [1.82, 2.24) is 0 Å². The molecule has 0 aliphatic carbocycles. The molecule has 1 heteroatoms. The van der Waals surface area contributed by atoms with E-state index >= 15 is 0 Å². The summed E-state index contributed by atoms with van der Waals surface area (Å²) in [6.07, 6.45) is 0. The van der Waals surface area contributed by atoms with E-state index in [1.54, 1.807) is 0 Å². The Morgan fingerprint density at radius 3 is 0.882 bits per heavy atom. The first-order valence-corrected chi connectivity index (χ1v) is 13.6. The van der Waals surface area contributed by atoms with E-state index in [4.69, 9.17) is 0 Å². The predicted octanol–water partition coefficient (Wildman–Crippen LogP) is 5.72. The Morgan fingerprint density at radius 1 is 0.588 bits per heavy atom. The van der Waals surface area contributed by atoms with Crippen molar-refractivity contribution in [2.45, 2.75) is 86.7 Å². The number of rotatable bonds is 0. The van der Waals surface area contributed by atoms with Crippen LogP contribution in [0.4, 0.5) is 0 Å². The topological polar surface area (TPSA) is 0 Å². The van der Waals surface area contributed by atoms with Crippen LogP contribution in [0.3, 0.4) is 0 Å². The molecule has 4 unspecified atom stereocenters. The molecule has 17 heavy (non-hydrogen) atoms. The second-order valence-corrected chi connectivity index (χ2v) is 35.7. The van der Waals surface area contributed by atoms with Gasteiger partial charge < -0.3 is 0 Å². The van der Waals surface area contributed by atoms with E-state index in [0.29, 0.717) is 0 Å². The molecule has 10 aliphatic heterocycles. The third kappa shape index (κ3) is 0.0433. The number of hydrogen-bond donors (Lipinski definition) is 0. The minimum atomic E-state index is -3.29. The van der Waals surface area contributed by atoms with Gasteiger partial charge >= 0.3 is 93.2 Å². The van der Waals surface area contributed by atoms with E-state index in [2.05, 4.69) is 41.5 Å². The molecule has 94 valence electrons. The molecule has 0 aromatic carbocycles. The molecule has 10 rings (SSSR count). The van der Waals surface area contributed by atoms with Crippen LogP contribution in [0.2, 0.25) is 45.1 Å². The first-order valence-electron chi connectivity index (χ1n) is 7.70. The van der Waals surface area contributed by atoms with Crippen molar-refractivity contribution in [3.63, 3.8) is 0 Å². The van der Waals surface area contributed by atoms with Crippen LogP contribution < -0.4 is 0 Å². The van der Waals surface area contributed by atoms with Crippen LogP contribution in [0, 0.1) is 0 Å². The van der Waals surface area contributed by atoms with Crippen LogP contribution in [0.15, 0.2) is 0 Å². The minimum absolute atomic E-state index is 0.956. The van der Waals surface area contributed by atoms with Crippen molar-refractivity contribution >= 4 is 0 Å². The summed E-state index contributed by atoms with van der Waals surface area (Å²) in [7, 11) is 0. The van der Waals surface area contributed by atoms with Crippen molar-refractivity contribution in [2.75, 3.05) is 0 Å². The SMILES string of the molecule is C[C]12[CH]3[CH]4[CH]5[CH]1[Fe]45321678[C]2(C)[C]1(C)[C]6(C)[C]7(C)[C]28C. The van der Waals surface area contributed by atoms with Crippen molar-refractivity contribution in [1.29, 1.82) is 0 Å². The maximum absolute atomic E-state index is 3.29. The summed E-state index contributed by atoms with van der Waals surface area (Å²) in [5.41, 5.74) is 0. The average molecular weight is 270 g/mol. The van der Waals surface area contributed by atoms with Crippen LogP contribution in [0.5, 0.6) is 0 Å². The predicted molar refractivity (Wildman–Crippen MR) is 65.2 cm³/mol. The van der Waals surface area contributed by atoms with E-state index in [1.165, 1.54) is 19.3 Å². The molecule has 0 aromatic rings. The zero-order valence-corrected chi connectivity index (χ0v) is 12.8. The Kier molecular flexibility index (Phi) is 0.182. The van der Waals surface area contributed by atoms with E-state index in [1.807, 2.05) is 0 Å². The van der Waals surface area contributed by atoms with Gasteiger partial charge in [0, 0.05) is 0 Å². The molecule has 0 radical (unpaired) electrons. The first-order chi connectivity index (χ1) is 7.51. The summed E-state index contributed by atoms with van der Waals surface area (Å²) in [6, 6.07) is 0. The molecular weight excluding hydrogens is 248 g/mol. The van der Waals surface area contributed by atoms with Gasteiger partial charge in [-0.15, -0.1) is 0 Å². The standard InChI is InChI=1S/C10H15.C6H7.Fe/c1-6-7(2)9(4)10(5)8(6)3;1-6-4-2-3-5-6;/h1-5H3;2-5H,1H3;. The van der Waals surface area contributed by atoms with Crippen molar-refractivity contribution < 1.29 is 6.51 Å². The monoisotopic (exact) mass is 270 g/mol. The van der Waals surface area contributed by atoms with Gasteiger partial charge in [-0.25, -0.2) is 0 Å². The summed E-state index contributed by atoms with van der Waals surface area (Å²) >= 11 is 0. The van der Waals surface area contributed by atoms with E-state index in [0.717, 1.165) is 25.9 Å². The fourth-order valence-electron chi connectivity index (χ4n) is 24.9. The molecule has 0 bridgehead atoms. The van der Waals surface area contributed by atoms with Gasteiger partial charge in [0.1, 0.15) is 0 Å². The van der Waals surface area contributed by atoms with Gasteiger partial charge in [-0.3, -0.25) is 0 Å². The van der Waals surface area contributed by atoms with E-state index in [-0.39, 0.29) is 0 Å². The fourth-order valence-corrected chi connectivity index (χ4v) is 116. The zero-order valence-electron chi connectivity index (χ0n) is 11.7. The molecule has 0 amide bonds. The molecule has 10 heterocycles. The van der Waals surface area contributed by atoms with Crippen LogP contribution in [-0.4, -0.2) is 0 Å². The molecule has 0 nitrogen and oxygen atoms in total. The van der Waals surface area contributed by atoms with Gasteiger partial charge in [0.05, 0.1) is 0 Å². The third-order valence-corrected chi connectivity index (χ3v) is 72.6. The van der Waals surface area contributed by atoms with Gasteiger partial charge in [-0.2, -0.15) is 0 Å². The normalized spacial score (nSPS) is 141. The molecule has 0 aromatic heterocycles. The maximum atomic E-state index is 2.85. The van der Waals surface area contributed by atoms with Crippen molar-refractivity contribution in [2.24, 2.45) is 0 Å². The van der Waals surface area contributed by atoms with Gasteiger partial charge in [0.15, 0.2) is 0 Å². The zero-order chi connectivity index (χ0) is 11.6. The fraction of sp³-hybridized carbons (Fsp3) is 1.00. The molecule has 0 saturated carbocycles. The second kappa shape index (κ2) is 0.455. The Labute approximate surface area is 93.2 Å². The molecule has 4 atom stereocenters. The van der Waals surface area contributed by atoms with Crippen LogP contribution in [0.25, 0.3) is 0 Å². The van der Waals surface area contributed by atoms with Gasteiger partial charge in [-0.1, -0.05) is 0 Å². The van der Waals surface area contributed by atoms with Crippen molar-refractivity contribution in [3.05, 3.63) is 0 Å². The van der Waals surface area contributed by atoms with Crippen LogP contribution >= 0.6 is 0 Å². The Morgan fingerprint density at radius 2 is 0.882 bits per heavy atom. The summed E-state index contributed by atoms with van der Waals surface area (Å²) in [6.45, 7) is 13.8. The number of fused-ring (bicyclic) bond motifs is 10. The van der Waals surface area contributed by atoms with Gasteiger partial charge in [-0.05, 0) is 0 Å². The molecule has 10 aliphatic rings. The van der Waals surface area contributed by atoms with Crippen LogP contribution in [0.1, 0.15) is 41.5 Å². The second-order valence-electron chi connectivity index (χ2n) is 12.1. The summed E-state index contributed by atoms with van der Waals surface area (Å²) < 4.78 is 5.78. The molecule has 10 fully saturated rings. The molecular formula is C16H22Fe. The van der Waals surface area contributed by atoms with Gasteiger partial charge in [0.25, 0.3) is 0 Å². The summed E-state index contributed by atoms with van der Waals surface area (Å²) in [5.74, 6) is 0. The van der Waals surface area contributed by atoms with Crippen molar-refractivity contribution in [3.8, 4) is 0 Å². The quantitative estimate of drug-likeness (QED) is 0.494. The van der Waals surface area contributed by atoms with E-state index < -0.39 is 6.51 Å². The summed E-state index contributed by atoms with van der Waals surface area (Å²) in [5, 5.41) is 0. The molecule has 0 N–H and O–H groups in total. The summed E-state index contributed by atoms with van der Waals surface area (Å²) in [4.78, 5) is 5.55. The Balaban J connectivity index is 1.98. The number of hydrogen-bond acceptors (Lipinski definition) is 0. The average Bonchev–Trinajstić information content (AvgIpc) is 3.23. The third-order valence-electron chi connectivity index (χ3n) is 20.4. The Bertz CT molecular complexity index is 993. The van der Waals surface area contributed by atoms with Crippen LogP contribution in [-0.2, 0) is 6.51 Å². The molecule has 1 spiro atoms. The van der Waals surface area contributed by atoms with E-state index in [9.17, 15) is 0 Å². The Hall–Kier alpha value is 0.519. The molecule has 10 saturated heterocycles. The first kappa shape index (κ1) is 6.80. The van der Waals surface area contributed by atoms with Gasteiger partial charge in [0.2, 0.25) is 0 Å².